The van der Waals surface area contributed by atoms with Gasteiger partial charge >= 0.3 is 12.1 Å². The normalized spacial score (nSPS) is 18.2. The van der Waals surface area contributed by atoms with Crippen LogP contribution in [0, 0.1) is 12.8 Å². The Morgan fingerprint density at radius 1 is 1.16 bits per heavy atom. The molecule has 3 aliphatic rings. The molecule has 1 saturated carbocycles. The number of fused-ring (bicyclic) bond motifs is 2. The second kappa shape index (κ2) is 9.90. The number of rotatable bonds is 4. The van der Waals surface area contributed by atoms with Crippen molar-refractivity contribution in [2.75, 3.05) is 24.7 Å². The summed E-state index contributed by atoms with van der Waals surface area (Å²) >= 11 is 0. The molecule has 1 saturated heterocycles. The number of aromatic nitrogens is 3. The summed E-state index contributed by atoms with van der Waals surface area (Å²) in [5, 5.41) is 15.7. The summed E-state index contributed by atoms with van der Waals surface area (Å²) in [6.07, 6.45) is 3.46. The van der Waals surface area contributed by atoms with Crippen molar-refractivity contribution in [3.8, 4) is 11.1 Å². The molecule has 38 heavy (non-hydrogen) atoms. The van der Waals surface area contributed by atoms with Crippen LogP contribution in [-0.2, 0) is 21.5 Å². The molecule has 1 N–H and O–H groups in total. The summed E-state index contributed by atoms with van der Waals surface area (Å²) in [6.45, 7) is 4.89. The van der Waals surface area contributed by atoms with Crippen molar-refractivity contribution in [3.05, 3.63) is 53.7 Å². The fraction of sp³-hybridized carbons (Fsp3) is 0.462. The van der Waals surface area contributed by atoms with E-state index in [1.165, 1.54) is 18.4 Å². The van der Waals surface area contributed by atoms with Crippen molar-refractivity contribution in [2.45, 2.75) is 50.7 Å². The Bertz CT molecular complexity index is 1340. The first-order valence-corrected chi connectivity index (χ1v) is 12.4. The minimum atomic E-state index is -5.08. The molecule has 2 aliphatic heterocycles. The Balaban J connectivity index is 0.000000374. The Morgan fingerprint density at radius 2 is 1.87 bits per heavy atom. The fourth-order valence-corrected chi connectivity index (χ4v) is 5.00. The number of carbonyl (C=O) groups excluding carboxylic acids is 1. The SMILES string of the molecule is Cc1cc(C(=O)N2CC3(CCOCC3)c3cc(-c4cnn(CC5CC5)c4)ccc32)no1.O=C(O)C(F)(F)F. The van der Waals surface area contributed by atoms with Crippen molar-refractivity contribution in [1.82, 2.24) is 14.9 Å². The lowest BCUT2D eigenvalue weighted by atomic mass is 9.75. The van der Waals surface area contributed by atoms with Crippen LogP contribution in [0.5, 0.6) is 0 Å². The molecule has 1 aliphatic carbocycles. The predicted octanol–water partition coefficient (Wildman–Crippen LogP) is 4.60. The van der Waals surface area contributed by atoms with Crippen molar-refractivity contribution in [3.63, 3.8) is 0 Å². The third-order valence-electron chi connectivity index (χ3n) is 7.21. The minimum Gasteiger partial charge on any atom is -0.475 e. The summed E-state index contributed by atoms with van der Waals surface area (Å²) < 4.78 is 44.6. The average Bonchev–Trinajstić information content (AvgIpc) is 3.26. The van der Waals surface area contributed by atoms with Gasteiger partial charge in [0.2, 0.25) is 0 Å². The molecule has 9 nitrogen and oxygen atoms in total. The lowest BCUT2D eigenvalue weighted by Crippen LogP contribution is -2.40. The van der Waals surface area contributed by atoms with E-state index in [2.05, 4.69) is 39.3 Å². The van der Waals surface area contributed by atoms with Gasteiger partial charge in [-0.2, -0.15) is 18.3 Å². The molecular formula is C26H27F3N4O5. The zero-order valence-corrected chi connectivity index (χ0v) is 20.7. The van der Waals surface area contributed by atoms with Gasteiger partial charge in [-0.05, 0) is 61.8 Å². The molecule has 2 aromatic heterocycles. The summed E-state index contributed by atoms with van der Waals surface area (Å²) in [6, 6.07) is 8.15. The number of anilines is 1. The second-order valence-corrected chi connectivity index (χ2v) is 10.0. The molecule has 6 rings (SSSR count). The first kappa shape index (κ1) is 26.0. The minimum absolute atomic E-state index is 0.0813. The number of carboxylic acid groups (broad SMARTS) is 1. The number of alkyl halides is 3. The molecule has 0 unspecified atom stereocenters. The van der Waals surface area contributed by atoms with Gasteiger partial charge in [-0.1, -0.05) is 11.2 Å². The van der Waals surface area contributed by atoms with Crippen LogP contribution in [0.25, 0.3) is 11.1 Å². The topological polar surface area (TPSA) is 111 Å². The van der Waals surface area contributed by atoms with E-state index in [1.54, 1.807) is 13.0 Å². The van der Waals surface area contributed by atoms with Crippen LogP contribution in [0.15, 0.2) is 41.2 Å². The third kappa shape index (κ3) is 5.31. The van der Waals surface area contributed by atoms with Gasteiger partial charge in [0.1, 0.15) is 5.76 Å². The number of ether oxygens (including phenoxy) is 1. The zero-order chi connectivity index (χ0) is 27.1. The summed E-state index contributed by atoms with van der Waals surface area (Å²) in [4.78, 5) is 24.0. The Hall–Kier alpha value is -3.67. The molecule has 2 fully saturated rings. The van der Waals surface area contributed by atoms with Gasteiger partial charge in [-0.3, -0.25) is 9.48 Å². The number of aryl methyl sites for hydroxylation is 1. The lowest BCUT2D eigenvalue weighted by molar-refractivity contribution is -0.192. The fourth-order valence-electron chi connectivity index (χ4n) is 5.00. The van der Waals surface area contributed by atoms with Crippen LogP contribution in [0.1, 0.15) is 47.5 Å². The van der Waals surface area contributed by atoms with Crippen LogP contribution in [0.4, 0.5) is 18.9 Å². The number of benzene rings is 1. The number of aliphatic carboxylic acids is 1. The van der Waals surface area contributed by atoms with E-state index in [-0.39, 0.29) is 11.3 Å². The number of hydrogen-bond acceptors (Lipinski definition) is 6. The van der Waals surface area contributed by atoms with Gasteiger partial charge in [-0.15, -0.1) is 0 Å². The van der Waals surface area contributed by atoms with E-state index >= 15 is 0 Å². The lowest BCUT2D eigenvalue weighted by Gasteiger charge is -2.34. The van der Waals surface area contributed by atoms with Gasteiger partial charge in [0, 0.05) is 55.2 Å². The number of halogens is 3. The maximum atomic E-state index is 13.3. The monoisotopic (exact) mass is 532 g/mol. The largest absolute Gasteiger partial charge is 0.490 e. The highest BCUT2D eigenvalue weighted by Gasteiger charge is 2.46. The van der Waals surface area contributed by atoms with Gasteiger partial charge in [0.05, 0.1) is 6.20 Å². The smallest absolute Gasteiger partial charge is 0.475 e. The standard InChI is InChI=1S/C24H26N4O3.C2HF3O2/c1-16-10-21(26-31-16)23(29)28-15-24(6-8-30-9-7-24)20-11-18(4-5-22(20)28)19-12-25-27(14-19)13-17-2-3-17;3-2(4,5)1(6)7/h4-5,10-12,14,17H,2-3,6-9,13,15H2,1H3;(H,6,7). The van der Waals surface area contributed by atoms with E-state index < -0.39 is 12.1 Å². The van der Waals surface area contributed by atoms with Crippen LogP contribution in [0.3, 0.4) is 0 Å². The van der Waals surface area contributed by atoms with Gasteiger partial charge in [-0.25, -0.2) is 4.79 Å². The highest BCUT2D eigenvalue weighted by Crippen LogP contribution is 2.48. The van der Waals surface area contributed by atoms with Crippen molar-refractivity contribution in [1.29, 1.82) is 0 Å². The molecule has 202 valence electrons. The van der Waals surface area contributed by atoms with E-state index in [9.17, 15) is 18.0 Å². The maximum Gasteiger partial charge on any atom is 0.490 e. The first-order chi connectivity index (χ1) is 18.1. The Kier molecular flexibility index (Phi) is 6.76. The molecular weight excluding hydrogens is 505 g/mol. The Labute approximate surface area is 216 Å². The van der Waals surface area contributed by atoms with E-state index in [0.717, 1.165) is 42.1 Å². The third-order valence-corrected chi connectivity index (χ3v) is 7.21. The molecule has 0 atom stereocenters. The number of carboxylic acids is 1. The molecule has 1 spiro atoms. The van der Waals surface area contributed by atoms with Gasteiger partial charge in [0.25, 0.3) is 5.91 Å². The highest BCUT2D eigenvalue weighted by atomic mass is 19.4. The van der Waals surface area contributed by atoms with E-state index in [1.807, 2.05) is 11.1 Å². The van der Waals surface area contributed by atoms with Crippen LogP contribution >= 0.6 is 0 Å². The molecule has 1 aromatic carbocycles. The Morgan fingerprint density at radius 3 is 2.47 bits per heavy atom. The number of nitrogens with zero attached hydrogens (tertiary/aromatic N) is 4. The predicted molar refractivity (Wildman–Crippen MR) is 129 cm³/mol. The summed E-state index contributed by atoms with van der Waals surface area (Å²) in [5.74, 6) is -1.43. The quantitative estimate of drug-likeness (QED) is 0.523. The summed E-state index contributed by atoms with van der Waals surface area (Å²) in [5.41, 5.74) is 4.76. The summed E-state index contributed by atoms with van der Waals surface area (Å²) in [7, 11) is 0. The van der Waals surface area contributed by atoms with Crippen molar-refractivity contribution >= 4 is 17.6 Å². The van der Waals surface area contributed by atoms with Crippen LogP contribution < -0.4 is 4.90 Å². The number of amides is 1. The molecule has 12 heteroatoms. The van der Waals surface area contributed by atoms with E-state index in [4.69, 9.17) is 19.2 Å². The molecule has 3 aromatic rings. The van der Waals surface area contributed by atoms with Crippen LogP contribution in [-0.4, -0.2) is 57.9 Å². The van der Waals surface area contributed by atoms with Gasteiger partial charge in [0.15, 0.2) is 5.69 Å². The van der Waals surface area contributed by atoms with Crippen molar-refractivity contribution in [2.24, 2.45) is 5.92 Å². The molecule has 1 amide bonds. The second-order valence-electron chi connectivity index (χ2n) is 10.0. The average molecular weight is 533 g/mol. The molecule has 0 bridgehead atoms. The molecule has 0 radical (unpaired) electrons. The molecule has 4 heterocycles. The van der Waals surface area contributed by atoms with E-state index in [0.29, 0.717) is 31.2 Å². The zero-order valence-electron chi connectivity index (χ0n) is 20.7. The maximum absolute atomic E-state index is 13.3. The van der Waals surface area contributed by atoms with Crippen molar-refractivity contribution < 1.29 is 37.1 Å². The highest BCUT2D eigenvalue weighted by molar-refractivity contribution is 6.06. The number of hydrogen-bond donors (Lipinski definition) is 1. The first-order valence-electron chi connectivity index (χ1n) is 12.4. The van der Waals surface area contributed by atoms with Crippen LogP contribution in [0.2, 0.25) is 0 Å². The number of carbonyl (C=O) groups is 2. The van der Waals surface area contributed by atoms with Gasteiger partial charge < -0.3 is 19.3 Å².